The number of halogens is 1. The zero-order valence-electron chi connectivity index (χ0n) is 8.33. The highest BCUT2D eigenvalue weighted by Gasteiger charge is 2.07. The molecule has 3 aromatic rings. The van der Waals surface area contributed by atoms with Gasteiger partial charge in [0.1, 0.15) is 5.82 Å². The van der Waals surface area contributed by atoms with Crippen molar-refractivity contribution in [2.24, 2.45) is 0 Å². The number of rotatable bonds is 1. The summed E-state index contributed by atoms with van der Waals surface area (Å²) in [6.45, 7) is 0. The highest BCUT2D eigenvalue weighted by molar-refractivity contribution is 7.13. The Morgan fingerprint density at radius 2 is 2.12 bits per heavy atom. The predicted molar refractivity (Wildman–Crippen MR) is 66.0 cm³/mol. The molecule has 4 heteroatoms. The van der Waals surface area contributed by atoms with Gasteiger partial charge in [0.25, 0.3) is 0 Å². The Labute approximate surface area is 95.5 Å². The van der Waals surface area contributed by atoms with Crippen LogP contribution in [0.3, 0.4) is 0 Å². The SMILES string of the molecule is Nc1cc2cc(-c3cccs3)[nH]c2cc1F. The van der Waals surface area contributed by atoms with Crippen LogP contribution in [-0.4, -0.2) is 4.98 Å². The monoisotopic (exact) mass is 232 g/mol. The molecule has 0 bridgehead atoms. The lowest BCUT2D eigenvalue weighted by atomic mass is 10.2. The minimum atomic E-state index is -0.382. The van der Waals surface area contributed by atoms with E-state index in [4.69, 9.17) is 5.73 Å². The molecule has 16 heavy (non-hydrogen) atoms. The number of nitrogen functional groups attached to an aromatic ring is 1. The van der Waals surface area contributed by atoms with E-state index < -0.39 is 0 Å². The van der Waals surface area contributed by atoms with Crippen LogP contribution in [0, 0.1) is 5.82 Å². The van der Waals surface area contributed by atoms with Gasteiger partial charge in [0, 0.05) is 17.0 Å². The summed E-state index contributed by atoms with van der Waals surface area (Å²) < 4.78 is 13.3. The summed E-state index contributed by atoms with van der Waals surface area (Å²) in [7, 11) is 0. The second-order valence-electron chi connectivity index (χ2n) is 3.62. The van der Waals surface area contributed by atoms with Crippen LogP contribution < -0.4 is 5.73 Å². The highest BCUT2D eigenvalue weighted by atomic mass is 32.1. The Kier molecular flexibility index (Phi) is 1.97. The molecule has 0 unspecified atom stereocenters. The molecule has 0 aliphatic carbocycles. The van der Waals surface area contributed by atoms with Crippen molar-refractivity contribution in [1.29, 1.82) is 0 Å². The summed E-state index contributed by atoms with van der Waals surface area (Å²) in [6.07, 6.45) is 0. The van der Waals surface area contributed by atoms with Gasteiger partial charge < -0.3 is 10.7 Å². The van der Waals surface area contributed by atoms with Crippen LogP contribution in [0.15, 0.2) is 35.7 Å². The van der Waals surface area contributed by atoms with E-state index in [1.165, 1.54) is 6.07 Å². The summed E-state index contributed by atoms with van der Waals surface area (Å²) >= 11 is 1.64. The van der Waals surface area contributed by atoms with Crippen LogP contribution in [0.2, 0.25) is 0 Å². The minimum absolute atomic E-state index is 0.184. The lowest BCUT2D eigenvalue weighted by Gasteiger charge is -1.95. The molecule has 80 valence electrons. The van der Waals surface area contributed by atoms with Crippen molar-refractivity contribution in [1.82, 2.24) is 4.98 Å². The summed E-state index contributed by atoms with van der Waals surface area (Å²) in [5.74, 6) is -0.382. The first kappa shape index (κ1) is 9.42. The second kappa shape index (κ2) is 3.35. The van der Waals surface area contributed by atoms with Gasteiger partial charge in [-0.3, -0.25) is 0 Å². The summed E-state index contributed by atoms with van der Waals surface area (Å²) in [4.78, 5) is 4.32. The maximum absolute atomic E-state index is 13.3. The summed E-state index contributed by atoms with van der Waals surface area (Å²) in [5, 5.41) is 2.94. The molecule has 3 N–H and O–H groups in total. The first-order chi connectivity index (χ1) is 7.74. The van der Waals surface area contributed by atoms with E-state index in [0.29, 0.717) is 0 Å². The van der Waals surface area contributed by atoms with E-state index in [1.54, 1.807) is 17.4 Å². The van der Waals surface area contributed by atoms with E-state index >= 15 is 0 Å². The van der Waals surface area contributed by atoms with E-state index in [1.807, 2.05) is 23.6 Å². The standard InChI is InChI=1S/C12H9FN2S/c13-8-6-10-7(4-9(8)14)5-11(15-10)12-2-1-3-16-12/h1-6,15H,14H2. The van der Waals surface area contributed by atoms with E-state index in [0.717, 1.165) is 21.5 Å². The summed E-state index contributed by atoms with van der Waals surface area (Å²) in [5.41, 5.74) is 7.48. The predicted octanol–water partition coefficient (Wildman–Crippen LogP) is 3.62. The molecular weight excluding hydrogens is 223 g/mol. The topological polar surface area (TPSA) is 41.8 Å². The van der Waals surface area contributed by atoms with Gasteiger partial charge in [-0.1, -0.05) is 6.07 Å². The number of hydrogen-bond acceptors (Lipinski definition) is 2. The largest absolute Gasteiger partial charge is 0.396 e. The second-order valence-corrected chi connectivity index (χ2v) is 4.57. The van der Waals surface area contributed by atoms with Crippen molar-refractivity contribution in [3.05, 3.63) is 41.5 Å². The molecule has 3 rings (SSSR count). The number of anilines is 1. The Hall–Kier alpha value is -1.81. The Balaban J connectivity index is 2.23. The van der Waals surface area contributed by atoms with E-state index in [2.05, 4.69) is 4.98 Å². The molecule has 0 atom stereocenters. The molecule has 0 aliphatic heterocycles. The number of H-pyrrole nitrogens is 1. The van der Waals surface area contributed by atoms with Crippen LogP contribution in [0.5, 0.6) is 0 Å². The van der Waals surface area contributed by atoms with E-state index in [9.17, 15) is 4.39 Å². The van der Waals surface area contributed by atoms with Crippen LogP contribution >= 0.6 is 11.3 Å². The normalized spacial score (nSPS) is 11.1. The first-order valence-corrected chi connectivity index (χ1v) is 5.73. The Bertz CT molecular complexity index is 601. The highest BCUT2D eigenvalue weighted by Crippen LogP contribution is 2.29. The van der Waals surface area contributed by atoms with Gasteiger partial charge in [-0.15, -0.1) is 11.3 Å². The van der Waals surface area contributed by atoms with Gasteiger partial charge in [0.15, 0.2) is 0 Å². The van der Waals surface area contributed by atoms with Gasteiger partial charge in [0.2, 0.25) is 0 Å². The first-order valence-electron chi connectivity index (χ1n) is 4.85. The number of benzene rings is 1. The molecule has 1 aromatic carbocycles. The number of fused-ring (bicyclic) bond motifs is 1. The van der Waals surface area contributed by atoms with E-state index in [-0.39, 0.29) is 11.5 Å². The molecule has 0 saturated carbocycles. The average molecular weight is 232 g/mol. The zero-order valence-corrected chi connectivity index (χ0v) is 9.14. The molecular formula is C12H9FN2S. The number of aromatic amines is 1. The van der Waals surface area contributed by atoms with Crippen LogP contribution in [0.25, 0.3) is 21.5 Å². The van der Waals surface area contributed by atoms with Crippen LogP contribution in [0.1, 0.15) is 0 Å². The molecule has 0 spiro atoms. The molecule has 2 nitrogen and oxygen atoms in total. The molecule has 2 aromatic heterocycles. The van der Waals surface area contributed by atoms with Crippen molar-refractivity contribution in [3.8, 4) is 10.6 Å². The Morgan fingerprint density at radius 1 is 1.25 bits per heavy atom. The maximum atomic E-state index is 13.3. The third-order valence-corrected chi connectivity index (χ3v) is 3.43. The third kappa shape index (κ3) is 1.39. The van der Waals surface area contributed by atoms with Crippen molar-refractivity contribution in [2.45, 2.75) is 0 Å². The fourth-order valence-corrected chi connectivity index (χ4v) is 2.43. The number of thiophene rings is 1. The number of nitrogens with one attached hydrogen (secondary N) is 1. The molecule has 0 fully saturated rings. The van der Waals surface area contributed by atoms with Crippen molar-refractivity contribution < 1.29 is 4.39 Å². The lowest BCUT2D eigenvalue weighted by Crippen LogP contribution is -1.88. The molecule has 0 saturated heterocycles. The fraction of sp³-hybridized carbons (Fsp3) is 0. The van der Waals surface area contributed by atoms with Crippen molar-refractivity contribution in [2.75, 3.05) is 5.73 Å². The summed E-state index contributed by atoms with van der Waals surface area (Å²) in [6, 6.07) is 9.08. The quantitative estimate of drug-likeness (QED) is 0.618. The number of hydrogen-bond donors (Lipinski definition) is 2. The molecule has 0 radical (unpaired) electrons. The van der Waals surface area contributed by atoms with Gasteiger partial charge in [0.05, 0.1) is 16.3 Å². The minimum Gasteiger partial charge on any atom is -0.396 e. The van der Waals surface area contributed by atoms with Crippen LogP contribution in [-0.2, 0) is 0 Å². The number of aromatic nitrogens is 1. The van der Waals surface area contributed by atoms with Crippen LogP contribution in [0.4, 0.5) is 10.1 Å². The van der Waals surface area contributed by atoms with Gasteiger partial charge in [-0.2, -0.15) is 0 Å². The zero-order chi connectivity index (χ0) is 11.1. The third-order valence-electron chi connectivity index (χ3n) is 2.52. The van der Waals surface area contributed by atoms with Gasteiger partial charge in [-0.05, 0) is 23.6 Å². The molecule has 2 heterocycles. The fourth-order valence-electron chi connectivity index (χ4n) is 1.74. The molecule has 0 aliphatic rings. The van der Waals surface area contributed by atoms with Gasteiger partial charge >= 0.3 is 0 Å². The average Bonchev–Trinajstić information content (AvgIpc) is 2.86. The van der Waals surface area contributed by atoms with Crippen molar-refractivity contribution in [3.63, 3.8) is 0 Å². The van der Waals surface area contributed by atoms with Crippen molar-refractivity contribution >= 4 is 27.9 Å². The Morgan fingerprint density at radius 3 is 2.88 bits per heavy atom. The lowest BCUT2D eigenvalue weighted by molar-refractivity contribution is 0.634. The van der Waals surface area contributed by atoms with Gasteiger partial charge in [-0.25, -0.2) is 4.39 Å². The number of nitrogens with two attached hydrogens (primary N) is 1. The maximum Gasteiger partial charge on any atom is 0.148 e. The molecule has 0 amide bonds. The smallest absolute Gasteiger partial charge is 0.148 e.